The molecule has 1 heterocycles. The van der Waals surface area contributed by atoms with E-state index in [-0.39, 0.29) is 23.6 Å². The van der Waals surface area contributed by atoms with Crippen molar-refractivity contribution in [3.63, 3.8) is 0 Å². The van der Waals surface area contributed by atoms with Crippen LogP contribution in [0.3, 0.4) is 0 Å². The smallest absolute Gasteiger partial charge is 0.306 e. The highest BCUT2D eigenvalue weighted by Crippen LogP contribution is 2.29. The zero-order chi connectivity index (χ0) is 24.4. The van der Waals surface area contributed by atoms with Crippen molar-refractivity contribution in [2.45, 2.75) is 19.3 Å². The Balaban J connectivity index is 1.13. The summed E-state index contributed by atoms with van der Waals surface area (Å²) in [6.45, 7) is -0.432. The summed E-state index contributed by atoms with van der Waals surface area (Å²) < 4.78 is 5.10. The van der Waals surface area contributed by atoms with E-state index in [2.05, 4.69) is 10.3 Å². The maximum absolute atomic E-state index is 12.8. The van der Waals surface area contributed by atoms with E-state index in [4.69, 9.17) is 4.74 Å². The van der Waals surface area contributed by atoms with Gasteiger partial charge in [-0.05, 0) is 42.7 Å². The van der Waals surface area contributed by atoms with Crippen molar-refractivity contribution in [3.05, 3.63) is 101 Å². The van der Waals surface area contributed by atoms with Crippen LogP contribution in [-0.4, -0.2) is 35.0 Å². The minimum atomic E-state index is -0.523. The number of aromatic nitrogens is 1. The number of para-hydroxylation sites is 1. The fourth-order valence-corrected chi connectivity index (χ4v) is 4.35. The first-order valence-corrected chi connectivity index (χ1v) is 11.3. The fourth-order valence-electron chi connectivity index (χ4n) is 4.35. The number of benzene rings is 3. The van der Waals surface area contributed by atoms with Gasteiger partial charge in [0.1, 0.15) is 0 Å². The molecule has 174 valence electrons. The van der Waals surface area contributed by atoms with Gasteiger partial charge in [0.05, 0.1) is 0 Å². The first-order valence-electron chi connectivity index (χ1n) is 11.3. The van der Waals surface area contributed by atoms with Crippen LogP contribution >= 0.6 is 0 Å². The summed E-state index contributed by atoms with van der Waals surface area (Å²) in [7, 11) is 0. The molecule has 2 N–H and O–H groups in total. The van der Waals surface area contributed by atoms with E-state index in [1.807, 2.05) is 30.5 Å². The minimum absolute atomic E-state index is 0.196. The first kappa shape index (κ1) is 22.3. The van der Waals surface area contributed by atoms with E-state index in [1.54, 1.807) is 30.3 Å². The number of anilines is 1. The third-order valence-corrected chi connectivity index (χ3v) is 6.08. The summed E-state index contributed by atoms with van der Waals surface area (Å²) in [6.07, 6.45) is 3.46. The molecule has 0 unspecified atom stereocenters. The second-order valence-electron chi connectivity index (χ2n) is 8.39. The number of carbonyl (C=O) groups excluding carboxylic acids is 4. The average molecular weight is 466 g/mol. The Hall–Kier alpha value is -4.52. The molecule has 7 heteroatoms. The predicted molar refractivity (Wildman–Crippen MR) is 131 cm³/mol. The Morgan fingerprint density at radius 3 is 2.31 bits per heavy atom. The minimum Gasteiger partial charge on any atom is -0.456 e. The van der Waals surface area contributed by atoms with E-state index in [1.165, 1.54) is 12.1 Å². The third-order valence-electron chi connectivity index (χ3n) is 6.08. The Kier molecular flexibility index (Phi) is 5.97. The van der Waals surface area contributed by atoms with Gasteiger partial charge < -0.3 is 15.0 Å². The average Bonchev–Trinajstić information content (AvgIpc) is 3.29. The van der Waals surface area contributed by atoms with Gasteiger partial charge in [0.25, 0.3) is 5.91 Å². The van der Waals surface area contributed by atoms with E-state index < -0.39 is 18.5 Å². The van der Waals surface area contributed by atoms with Gasteiger partial charge in [0.2, 0.25) is 0 Å². The molecular formula is C28H22N2O5. The zero-order valence-electron chi connectivity index (χ0n) is 18.8. The SMILES string of the molecule is O=C(COC(=O)CCCc1c[nH]c2ccccc12)Nc1ccc2c(c1)C(=O)c1ccccc1C2=O. The lowest BCUT2D eigenvalue weighted by Crippen LogP contribution is -2.23. The highest BCUT2D eigenvalue weighted by molar-refractivity contribution is 6.28. The fraction of sp³-hybridized carbons (Fsp3) is 0.143. The van der Waals surface area contributed by atoms with Crippen LogP contribution in [-0.2, 0) is 20.7 Å². The van der Waals surface area contributed by atoms with Crippen molar-refractivity contribution >= 4 is 40.0 Å². The molecule has 1 amide bonds. The topological polar surface area (TPSA) is 105 Å². The Labute approximate surface area is 201 Å². The van der Waals surface area contributed by atoms with Crippen LogP contribution in [0.25, 0.3) is 10.9 Å². The van der Waals surface area contributed by atoms with Gasteiger partial charge in [-0.25, -0.2) is 0 Å². The second-order valence-corrected chi connectivity index (χ2v) is 8.39. The Morgan fingerprint density at radius 1 is 0.829 bits per heavy atom. The molecule has 5 rings (SSSR count). The van der Waals surface area contributed by atoms with Crippen LogP contribution in [0.15, 0.2) is 72.9 Å². The number of esters is 1. The summed E-state index contributed by atoms with van der Waals surface area (Å²) in [4.78, 5) is 53.1. The number of hydrogen-bond donors (Lipinski definition) is 2. The predicted octanol–water partition coefficient (Wildman–Crippen LogP) is 4.45. The van der Waals surface area contributed by atoms with Crippen molar-refractivity contribution in [2.75, 3.05) is 11.9 Å². The largest absolute Gasteiger partial charge is 0.456 e. The van der Waals surface area contributed by atoms with Gasteiger partial charge in [-0.2, -0.15) is 0 Å². The molecule has 1 aliphatic carbocycles. The number of ether oxygens (including phenoxy) is 1. The van der Waals surface area contributed by atoms with Crippen LogP contribution < -0.4 is 5.32 Å². The van der Waals surface area contributed by atoms with Crippen molar-refractivity contribution in [2.24, 2.45) is 0 Å². The summed E-state index contributed by atoms with van der Waals surface area (Å²) in [5.74, 6) is -1.48. The van der Waals surface area contributed by atoms with Crippen molar-refractivity contribution in [1.29, 1.82) is 0 Å². The first-order chi connectivity index (χ1) is 17.0. The molecule has 0 spiro atoms. The summed E-state index contributed by atoms with van der Waals surface area (Å²) in [6, 6.07) is 19.2. The summed E-state index contributed by atoms with van der Waals surface area (Å²) in [5.41, 5.74) is 3.79. The molecular weight excluding hydrogens is 444 g/mol. The standard InChI is InChI=1S/C28H22N2O5/c31-25(16-35-26(32)11-5-6-17-15-29-24-10-4-3-7-19(17)24)30-18-12-13-22-23(14-18)28(34)21-9-2-1-8-20(21)27(22)33/h1-4,7-10,12-15,29H,5-6,11,16H2,(H,30,31). The molecule has 0 saturated carbocycles. The van der Waals surface area contributed by atoms with Crippen molar-refractivity contribution in [3.8, 4) is 0 Å². The zero-order valence-corrected chi connectivity index (χ0v) is 18.8. The second kappa shape index (κ2) is 9.38. The number of rotatable bonds is 7. The quantitative estimate of drug-likeness (QED) is 0.345. The number of amides is 1. The number of fused-ring (bicyclic) bond motifs is 3. The molecule has 0 atom stereocenters. The van der Waals surface area contributed by atoms with Gasteiger partial charge in [-0.15, -0.1) is 0 Å². The molecule has 1 aliphatic rings. The molecule has 7 nitrogen and oxygen atoms in total. The molecule has 4 aromatic rings. The molecule has 0 radical (unpaired) electrons. The monoisotopic (exact) mass is 466 g/mol. The van der Waals surface area contributed by atoms with Crippen LogP contribution in [0.1, 0.15) is 50.2 Å². The van der Waals surface area contributed by atoms with Crippen LogP contribution in [0, 0.1) is 0 Å². The normalized spacial score (nSPS) is 12.2. The lowest BCUT2D eigenvalue weighted by molar-refractivity contribution is -0.147. The number of ketones is 2. The molecule has 35 heavy (non-hydrogen) atoms. The Bertz CT molecular complexity index is 1480. The van der Waals surface area contributed by atoms with E-state index in [9.17, 15) is 19.2 Å². The lowest BCUT2D eigenvalue weighted by atomic mass is 9.84. The summed E-state index contributed by atoms with van der Waals surface area (Å²) in [5, 5.41) is 3.75. The third kappa shape index (κ3) is 4.48. The molecule has 3 aromatic carbocycles. The molecule has 1 aromatic heterocycles. The van der Waals surface area contributed by atoms with Crippen LogP contribution in [0.2, 0.25) is 0 Å². The van der Waals surface area contributed by atoms with E-state index >= 15 is 0 Å². The van der Waals surface area contributed by atoms with Crippen LogP contribution in [0.5, 0.6) is 0 Å². The maximum Gasteiger partial charge on any atom is 0.306 e. The van der Waals surface area contributed by atoms with Gasteiger partial charge in [0, 0.05) is 51.5 Å². The number of carbonyl (C=O) groups is 4. The van der Waals surface area contributed by atoms with Crippen LogP contribution in [0.4, 0.5) is 5.69 Å². The summed E-state index contributed by atoms with van der Waals surface area (Å²) >= 11 is 0. The van der Waals surface area contributed by atoms with Gasteiger partial charge in [-0.3, -0.25) is 19.2 Å². The molecule has 0 bridgehead atoms. The number of hydrogen-bond acceptors (Lipinski definition) is 5. The van der Waals surface area contributed by atoms with E-state index in [0.29, 0.717) is 28.8 Å². The van der Waals surface area contributed by atoms with Gasteiger partial charge in [-0.1, -0.05) is 42.5 Å². The highest BCUT2D eigenvalue weighted by atomic mass is 16.5. The van der Waals surface area contributed by atoms with Crippen molar-refractivity contribution in [1.82, 2.24) is 4.98 Å². The van der Waals surface area contributed by atoms with Gasteiger partial charge >= 0.3 is 5.97 Å². The maximum atomic E-state index is 12.8. The number of H-pyrrole nitrogens is 1. The van der Waals surface area contributed by atoms with Crippen molar-refractivity contribution < 1.29 is 23.9 Å². The number of aryl methyl sites for hydroxylation is 1. The van der Waals surface area contributed by atoms with E-state index in [0.717, 1.165) is 22.9 Å². The Morgan fingerprint density at radius 2 is 1.51 bits per heavy atom. The number of nitrogens with one attached hydrogen (secondary N) is 2. The molecule has 0 fully saturated rings. The van der Waals surface area contributed by atoms with Gasteiger partial charge in [0.15, 0.2) is 18.2 Å². The molecule has 0 saturated heterocycles. The number of aromatic amines is 1. The molecule has 0 aliphatic heterocycles. The lowest BCUT2D eigenvalue weighted by Gasteiger charge is -2.18. The highest BCUT2D eigenvalue weighted by Gasteiger charge is 2.29.